The Kier molecular flexibility index (Phi) is 7.87. The van der Waals surface area contributed by atoms with Gasteiger partial charge < -0.3 is 10.2 Å². The fraction of sp³-hybridized carbons (Fsp3) is 0.722. The Morgan fingerprint density at radius 2 is 2.00 bits per heavy atom. The van der Waals surface area contributed by atoms with Gasteiger partial charge in [0.2, 0.25) is 11.8 Å². The standard InChI is InChI=1S/C18H31N3O2S/c1-7-14(3)21(12-15(22)20-17-19-8-9-24-17)16(23)10-13(2)11-18(4,5)6/h8-9,13-14H,7,10-12H2,1-6H3,(H,19,20,22). The van der Waals surface area contributed by atoms with Crippen LogP contribution in [-0.2, 0) is 9.59 Å². The van der Waals surface area contributed by atoms with Crippen LogP contribution in [0.2, 0.25) is 0 Å². The van der Waals surface area contributed by atoms with E-state index in [1.54, 1.807) is 16.5 Å². The summed E-state index contributed by atoms with van der Waals surface area (Å²) in [5.41, 5.74) is 0.198. The molecule has 0 aliphatic heterocycles. The first-order valence-corrected chi connectivity index (χ1v) is 9.49. The van der Waals surface area contributed by atoms with Crippen molar-refractivity contribution >= 4 is 28.3 Å². The van der Waals surface area contributed by atoms with Crippen molar-refractivity contribution in [3.8, 4) is 0 Å². The van der Waals surface area contributed by atoms with E-state index in [1.807, 2.05) is 13.8 Å². The number of anilines is 1. The van der Waals surface area contributed by atoms with Crippen LogP contribution in [0.4, 0.5) is 5.13 Å². The normalized spacial score (nSPS) is 14.1. The molecule has 0 saturated heterocycles. The molecule has 0 aliphatic rings. The summed E-state index contributed by atoms with van der Waals surface area (Å²) in [6, 6.07) is 0.0429. The van der Waals surface area contributed by atoms with Crippen LogP contribution in [-0.4, -0.2) is 34.3 Å². The van der Waals surface area contributed by atoms with Gasteiger partial charge in [-0.3, -0.25) is 9.59 Å². The average Bonchev–Trinajstić information content (AvgIpc) is 2.94. The third kappa shape index (κ3) is 7.43. The minimum atomic E-state index is -0.193. The summed E-state index contributed by atoms with van der Waals surface area (Å²) in [6.07, 6.45) is 3.93. The van der Waals surface area contributed by atoms with Gasteiger partial charge in [-0.15, -0.1) is 11.3 Å². The number of hydrogen-bond donors (Lipinski definition) is 1. The molecule has 24 heavy (non-hydrogen) atoms. The highest BCUT2D eigenvalue weighted by Gasteiger charge is 2.25. The van der Waals surface area contributed by atoms with Crippen LogP contribution >= 0.6 is 11.3 Å². The number of thiazole rings is 1. The van der Waals surface area contributed by atoms with Crippen molar-refractivity contribution in [2.45, 2.75) is 66.8 Å². The second kappa shape index (κ2) is 9.16. The zero-order valence-electron chi connectivity index (χ0n) is 15.8. The van der Waals surface area contributed by atoms with E-state index in [0.717, 1.165) is 12.8 Å². The maximum atomic E-state index is 12.7. The van der Waals surface area contributed by atoms with E-state index in [0.29, 0.717) is 17.5 Å². The first-order chi connectivity index (χ1) is 11.1. The first kappa shape index (κ1) is 20.6. The Hall–Kier alpha value is -1.43. The van der Waals surface area contributed by atoms with Crippen molar-refractivity contribution in [2.75, 3.05) is 11.9 Å². The zero-order valence-corrected chi connectivity index (χ0v) is 16.6. The lowest BCUT2D eigenvalue weighted by atomic mass is 9.84. The number of hydrogen-bond acceptors (Lipinski definition) is 4. The van der Waals surface area contributed by atoms with E-state index in [2.05, 4.69) is 38.0 Å². The van der Waals surface area contributed by atoms with Crippen LogP contribution in [0.15, 0.2) is 11.6 Å². The summed E-state index contributed by atoms with van der Waals surface area (Å²) in [7, 11) is 0. The minimum Gasteiger partial charge on any atom is -0.331 e. The fourth-order valence-electron chi connectivity index (χ4n) is 2.84. The van der Waals surface area contributed by atoms with E-state index in [4.69, 9.17) is 0 Å². The van der Waals surface area contributed by atoms with Gasteiger partial charge >= 0.3 is 0 Å². The Bertz CT molecular complexity index is 523. The van der Waals surface area contributed by atoms with Crippen LogP contribution in [0.5, 0.6) is 0 Å². The van der Waals surface area contributed by atoms with Crippen molar-refractivity contribution in [1.29, 1.82) is 0 Å². The number of carbonyl (C=O) groups excluding carboxylic acids is 2. The number of aromatic nitrogens is 1. The average molecular weight is 354 g/mol. The van der Waals surface area contributed by atoms with Crippen molar-refractivity contribution in [3.63, 3.8) is 0 Å². The minimum absolute atomic E-state index is 0.0429. The van der Waals surface area contributed by atoms with Gasteiger partial charge in [-0.05, 0) is 31.1 Å². The van der Waals surface area contributed by atoms with Crippen LogP contribution in [0.1, 0.15) is 60.8 Å². The second-order valence-electron chi connectivity index (χ2n) is 7.74. The van der Waals surface area contributed by atoms with Gasteiger partial charge in [-0.2, -0.15) is 0 Å². The molecule has 2 unspecified atom stereocenters. The largest absolute Gasteiger partial charge is 0.331 e. The fourth-order valence-corrected chi connectivity index (χ4v) is 3.39. The predicted molar refractivity (Wildman–Crippen MR) is 100 cm³/mol. The van der Waals surface area contributed by atoms with Crippen LogP contribution in [0.25, 0.3) is 0 Å². The summed E-state index contributed by atoms with van der Waals surface area (Å²) in [5, 5.41) is 5.13. The Morgan fingerprint density at radius 1 is 1.33 bits per heavy atom. The third-order valence-corrected chi connectivity index (χ3v) is 4.61. The van der Waals surface area contributed by atoms with Crippen molar-refractivity contribution in [1.82, 2.24) is 9.88 Å². The molecule has 6 heteroatoms. The monoisotopic (exact) mass is 353 g/mol. The van der Waals surface area contributed by atoms with E-state index < -0.39 is 0 Å². The number of amides is 2. The van der Waals surface area contributed by atoms with E-state index in [9.17, 15) is 9.59 Å². The molecule has 0 spiro atoms. The molecular formula is C18H31N3O2S. The van der Waals surface area contributed by atoms with Crippen molar-refractivity contribution < 1.29 is 9.59 Å². The zero-order chi connectivity index (χ0) is 18.3. The Labute approximate surface area is 149 Å². The van der Waals surface area contributed by atoms with Gasteiger partial charge in [0.15, 0.2) is 5.13 Å². The predicted octanol–water partition coefficient (Wildman–Crippen LogP) is 4.17. The molecule has 1 heterocycles. The molecule has 0 radical (unpaired) electrons. The Morgan fingerprint density at radius 3 is 2.50 bits per heavy atom. The molecule has 0 aromatic carbocycles. The Balaban J connectivity index is 2.66. The highest BCUT2D eigenvalue weighted by atomic mass is 32.1. The van der Waals surface area contributed by atoms with Crippen LogP contribution < -0.4 is 5.32 Å². The van der Waals surface area contributed by atoms with Crippen molar-refractivity contribution in [3.05, 3.63) is 11.6 Å². The van der Waals surface area contributed by atoms with Crippen LogP contribution in [0, 0.1) is 11.3 Å². The van der Waals surface area contributed by atoms with Gasteiger partial charge in [0.25, 0.3) is 0 Å². The summed E-state index contributed by atoms with van der Waals surface area (Å²) in [6.45, 7) is 12.8. The number of carbonyl (C=O) groups is 2. The topological polar surface area (TPSA) is 62.3 Å². The molecule has 5 nitrogen and oxygen atoms in total. The maximum absolute atomic E-state index is 12.7. The highest BCUT2D eigenvalue weighted by Crippen LogP contribution is 2.26. The van der Waals surface area contributed by atoms with Gasteiger partial charge in [-0.1, -0.05) is 34.6 Å². The molecule has 0 aliphatic carbocycles. The second-order valence-corrected chi connectivity index (χ2v) is 8.63. The lowest BCUT2D eigenvalue weighted by Gasteiger charge is -2.30. The summed E-state index contributed by atoms with van der Waals surface area (Å²) in [5.74, 6) is 0.156. The molecular weight excluding hydrogens is 322 g/mol. The molecule has 1 aromatic heterocycles. The maximum Gasteiger partial charge on any atom is 0.245 e. The molecule has 0 bridgehead atoms. The van der Waals surface area contributed by atoms with Gasteiger partial charge in [0.1, 0.15) is 6.54 Å². The van der Waals surface area contributed by atoms with Crippen molar-refractivity contribution in [2.24, 2.45) is 11.3 Å². The number of rotatable bonds is 8. The molecule has 0 fully saturated rings. The van der Waals surface area contributed by atoms with Gasteiger partial charge in [0.05, 0.1) is 0 Å². The molecule has 136 valence electrons. The van der Waals surface area contributed by atoms with Crippen LogP contribution in [0.3, 0.4) is 0 Å². The molecule has 1 N–H and O–H groups in total. The quantitative estimate of drug-likeness (QED) is 0.763. The van der Waals surface area contributed by atoms with E-state index >= 15 is 0 Å². The number of nitrogens with one attached hydrogen (secondary N) is 1. The van der Waals surface area contributed by atoms with Gasteiger partial charge in [-0.25, -0.2) is 4.98 Å². The smallest absolute Gasteiger partial charge is 0.245 e. The summed E-state index contributed by atoms with van der Waals surface area (Å²) in [4.78, 5) is 30.7. The molecule has 1 rings (SSSR count). The number of nitrogens with zero attached hydrogens (tertiary/aromatic N) is 2. The molecule has 2 amide bonds. The first-order valence-electron chi connectivity index (χ1n) is 8.61. The van der Waals surface area contributed by atoms with Gasteiger partial charge in [0, 0.05) is 24.0 Å². The summed E-state index contributed by atoms with van der Waals surface area (Å²) < 4.78 is 0. The SMILES string of the molecule is CCC(C)N(CC(=O)Nc1nccs1)C(=O)CC(C)CC(C)(C)C. The lowest BCUT2D eigenvalue weighted by Crippen LogP contribution is -2.44. The summed E-state index contributed by atoms with van der Waals surface area (Å²) >= 11 is 1.37. The third-order valence-electron chi connectivity index (χ3n) is 3.92. The molecule has 1 aromatic rings. The van der Waals surface area contributed by atoms with E-state index in [1.165, 1.54) is 11.3 Å². The highest BCUT2D eigenvalue weighted by molar-refractivity contribution is 7.13. The lowest BCUT2D eigenvalue weighted by molar-refractivity contribution is -0.137. The molecule has 0 saturated carbocycles. The molecule has 2 atom stereocenters. The van der Waals surface area contributed by atoms with E-state index in [-0.39, 0.29) is 29.8 Å².